The zero-order valence-electron chi connectivity index (χ0n) is 16.0. The van der Waals surface area contributed by atoms with Gasteiger partial charge in [-0.2, -0.15) is 0 Å². The van der Waals surface area contributed by atoms with E-state index >= 15 is 0 Å². The molecule has 0 radical (unpaired) electrons. The molecular weight excluding hydrogens is 399 g/mol. The molecule has 7 heteroatoms. The van der Waals surface area contributed by atoms with Gasteiger partial charge in [0.05, 0.1) is 0 Å². The summed E-state index contributed by atoms with van der Waals surface area (Å²) < 4.78 is 5.59. The Hall–Kier alpha value is -2.24. The Morgan fingerprint density at radius 3 is 2.43 bits per heavy atom. The predicted molar refractivity (Wildman–Crippen MR) is 112 cm³/mol. The highest BCUT2D eigenvalue weighted by Crippen LogP contribution is 2.24. The first-order valence-corrected chi connectivity index (χ1v) is 9.90. The Morgan fingerprint density at radius 2 is 1.82 bits per heavy atom. The Labute approximate surface area is 175 Å². The van der Waals surface area contributed by atoms with Crippen molar-refractivity contribution in [2.24, 2.45) is 0 Å². The van der Waals surface area contributed by atoms with E-state index < -0.39 is 6.04 Å². The predicted octanol–water partition coefficient (Wildman–Crippen LogP) is 4.32. The second-order valence-corrected chi connectivity index (χ2v) is 7.02. The normalized spacial score (nSPS) is 11.6. The van der Waals surface area contributed by atoms with Crippen LogP contribution in [-0.4, -0.2) is 35.9 Å². The molecule has 0 spiro atoms. The fourth-order valence-corrected chi connectivity index (χ4v) is 3.26. The van der Waals surface area contributed by atoms with Crippen LogP contribution in [0, 0.1) is 0 Å². The van der Waals surface area contributed by atoms with Crippen molar-refractivity contribution < 1.29 is 14.3 Å². The molecule has 5 nitrogen and oxygen atoms in total. The van der Waals surface area contributed by atoms with Crippen LogP contribution in [0.1, 0.15) is 25.8 Å². The first-order chi connectivity index (χ1) is 13.5. The third kappa shape index (κ3) is 6.14. The summed E-state index contributed by atoms with van der Waals surface area (Å²) in [6.45, 7) is 4.19. The van der Waals surface area contributed by atoms with Gasteiger partial charge in [0.1, 0.15) is 11.8 Å². The number of amides is 2. The summed E-state index contributed by atoms with van der Waals surface area (Å²) in [6, 6.07) is 13.5. The van der Waals surface area contributed by atoms with Crippen LogP contribution in [0.15, 0.2) is 48.5 Å². The Kier molecular flexibility index (Phi) is 8.61. The van der Waals surface area contributed by atoms with Crippen LogP contribution in [0.5, 0.6) is 5.75 Å². The molecule has 1 atom stereocenters. The van der Waals surface area contributed by atoms with Gasteiger partial charge in [-0.05, 0) is 43.2 Å². The van der Waals surface area contributed by atoms with Crippen molar-refractivity contribution in [2.45, 2.75) is 32.9 Å². The first kappa shape index (κ1) is 22.1. The van der Waals surface area contributed by atoms with E-state index in [0.29, 0.717) is 34.3 Å². The third-order valence-corrected chi connectivity index (χ3v) is 4.79. The summed E-state index contributed by atoms with van der Waals surface area (Å²) >= 11 is 12.3. The summed E-state index contributed by atoms with van der Waals surface area (Å²) in [7, 11) is 0. The molecule has 2 rings (SSSR count). The topological polar surface area (TPSA) is 58.6 Å². The van der Waals surface area contributed by atoms with Crippen LogP contribution in [0.3, 0.4) is 0 Å². The number of likely N-dealkylation sites (N-methyl/N-ethyl adjacent to an activating group) is 1. The van der Waals surface area contributed by atoms with E-state index in [1.807, 2.05) is 32.0 Å². The molecule has 2 aromatic rings. The van der Waals surface area contributed by atoms with Crippen molar-refractivity contribution >= 4 is 35.0 Å². The molecule has 1 unspecified atom stereocenters. The molecule has 1 N–H and O–H groups in total. The fraction of sp³-hybridized carbons (Fsp3) is 0.333. The number of carbonyl (C=O) groups is 2. The highest BCUT2D eigenvalue weighted by molar-refractivity contribution is 6.35. The quantitative estimate of drug-likeness (QED) is 0.654. The number of rotatable bonds is 9. The van der Waals surface area contributed by atoms with Crippen LogP contribution in [0.2, 0.25) is 10.0 Å². The van der Waals surface area contributed by atoms with Gasteiger partial charge in [0.2, 0.25) is 5.91 Å². The molecule has 0 aliphatic heterocycles. The van der Waals surface area contributed by atoms with E-state index in [1.54, 1.807) is 30.3 Å². The monoisotopic (exact) mass is 422 g/mol. The van der Waals surface area contributed by atoms with Crippen LogP contribution >= 0.6 is 23.2 Å². The van der Waals surface area contributed by atoms with Crippen LogP contribution in [0.4, 0.5) is 0 Å². The first-order valence-electron chi connectivity index (χ1n) is 9.15. The van der Waals surface area contributed by atoms with E-state index in [4.69, 9.17) is 27.9 Å². The molecule has 0 heterocycles. The van der Waals surface area contributed by atoms with Crippen LogP contribution in [0.25, 0.3) is 0 Å². The Bertz CT molecular complexity index is 799. The second kappa shape index (κ2) is 10.9. The molecule has 0 aliphatic carbocycles. The largest absolute Gasteiger partial charge is 0.484 e. The van der Waals surface area contributed by atoms with Gasteiger partial charge in [-0.1, -0.05) is 54.4 Å². The number of carbonyl (C=O) groups excluding carboxylic acids is 2. The molecule has 28 heavy (non-hydrogen) atoms. The molecule has 0 fully saturated rings. The van der Waals surface area contributed by atoms with E-state index in [9.17, 15) is 9.59 Å². The molecule has 150 valence electrons. The van der Waals surface area contributed by atoms with Gasteiger partial charge in [0, 0.05) is 23.1 Å². The number of nitrogens with zero attached hydrogens (tertiary/aromatic N) is 1. The fourth-order valence-electron chi connectivity index (χ4n) is 2.79. The summed E-state index contributed by atoms with van der Waals surface area (Å²) in [6.07, 6.45) is 0.466. The lowest BCUT2D eigenvalue weighted by atomic mass is 10.1. The average Bonchev–Trinajstić information content (AvgIpc) is 2.68. The lowest BCUT2D eigenvalue weighted by molar-refractivity contribution is -0.142. The molecular formula is C21H24Cl2N2O3. The molecule has 0 aromatic heterocycles. The molecule has 2 aromatic carbocycles. The van der Waals surface area contributed by atoms with Gasteiger partial charge in [0.15, 0.2) is 6.61 Å². The van der Waals surface area contributed by atoms with E-state index in [0.717, 1.165) is 0 Å². The lowest BCUT2D eigenvalue weighted by Gasteiger charge is -2.30. The molecule has 0 saturated heterocycles. The maximum absolute atomic E-state index is 13.0. The molecule has 0 saturated carbocycles. The molecule has 0 aliphatic rings. The summed E-state index contributed by atoms with van der Waals surface area (Å²) in [5, 5.41) is 3.74. The lowest BCUT2D eigenvalue weighted by Crippen LogP contribution is -2.50. The van der Waals surface area contributed by atoms with Crippen molar-refractivity contribution in [1.29, 1.82) is 0 Å². The van der Waals surface area contributed by atoms with Crippen molar-refractivity contribution in [3.05, 3.63) is 64.1 Å². The number of halogens is 2. The number of ether oxygens (including phenoxy) is 1. The summed E-state index contributed by atoms with van der Waals surface area (Å²) in [5.74, 6) is 0.0857. The molecule has 2 amide bonds. The molecule has 0 bridgehead atoms. The number of nitrogens with one attached hydrogen (secondary N) is 1. The van der Waals surface area contributed by atoms with Crippen LogP contribution < -0.4 is 10.1 Å². The maximum atomic E-state index is 13.0. The van der Waals surface area contributed by atoms with Crippen molar-refractivity contribution in [3.63, 3.8) is 0 Å². The number of hydrogen-bond donors (Lipinski definition) is 1. The van der Waals surface area contributed by atoms with E-state index in [-0.39, 0.29) is 25.0 Å². The standard InChI is InChI=1S/C21H24Cl2N2O3/c1-3-19(21(27)24-4-2)25(13-15-10-11-16(22)12-18(15)23)20(26)14-28-17-8-6-5-7-9-17/h5-12,19H,3-4,13-14H2,1-2H3,(H,24,27). The van der Waals surface area contributed by atoms with Gasteiger partial charge in [-0.15, -0.1) is 0 Å². The Balaban J connectivity index is 2.23. The van der Waals surface area contributed by atoms with Crippen molar-refractivity contribution in [2.75, 3.05) is 13.2 Å². The van der Waals surface area contributed by atoms with E-state index in [2.05, 4.69) is 5.32 Å². The van der Waals surface area contributed by atoms with Gasteiger partial charge in [0.25, 0.3) is 5.91 Å². The Morgan fingerprint density at radius 1 is 1.11 bits per heavy atom. The van der Waals surface area contributed by atoms with Gasteiger partial charge >= 0.3 is 0 Å². The van der Waals surface area contributed by atoms with Crippen LogP contribution in [-0.2, 0) is 16.1 Å². The highest BCUT2D eigenvalue weighted by Gasteiger charge is 2.29. The van der Waals surface area contributed by atoms with Crippen molar-refractivity contribution in [1.82, 2.24) is 10.2 Å². The smallest absolute Gasteiger partial charge is 0.261 e. The SMILES string of the molecule is CCNC(=O)C(CC)N(Cc1ccc(Cl)cc1Cl)C(=O)COc1ccccc1. The zero-order valence-corrected chi connectivity index (χ0v) is 17.5. The van der Waals surface area contributed by atoms with Gasteiger partial charge < -0.3 is 15.0 Å². The van der Waals surface area contributed by atoms with E-state index in [1.165, 1.54) is 4.90 Å². The minimum atomic E-state index is -0.626. The third-order valence-electron chi connectivity index (χ3n) is 4.20. The second-order valence-electron chi connectivity index (χ2n) is 6.18. The highest BCUT2D eigenvalue weighted by atomic mass is 35.5. The average molecular weight is 423 g/mol. The summed E-state index contributed by atoms with van der Waals surface area (Å²) in [5.41, 5.74) is 0.710. The maximum Gasteiger partial charge on any atom is 0.261 e. The zero-order chi connectivity index (χ0) is 20.5. The minimum absolute atomic E-state index is 0.175. The number of para-hydroxylation sites is 1. The minimum Gasteiger partial charge on any atom is -0.484 e. The number of benzene rings is 2. The van der Waals surface area contributed by atoms with Gasteiger partial charge in [-0.25, -0.2) is 0 Å². The number of hydrogen-bond acceptors (Lipinski definition) is 3. The summed E-state index contributed by atoms with van der Waals surface area (Å²) in [4.78, 5) is 27.0. The van der Waals surface area contributed by atoms with Crippen molar-refractivity contribution in [3.8, 4) is 5.75 Å². The van der Waals surface area contributed by atoms with Gasteiger partial charge in [-0.3, -0.25) is 9.59 Å².